The van der Waals surface area contributed by atoms with E-state index < -0.39 is 0 Å². The number of aromatic nitrogens is 3. The number of pyridine rings is 1. The molecule has 0 saturated heterocycles. The normalized spacial score (nSPS) is 15.1. The van der Waals surface area contributed by atoms with Crippen molar-refractivity contribution < 1.29 is 4.79 Å². The molecule has 3 heterocycles. The Bertz CT molecular complexity index is 933. The molecule has 6 nitrogen and oxygen atoms in total. The molecule has 1 saturated carbocycles. The van der Waals surface area contributed by atoms with Gasteiger partial charge >= 0.3 is 0 Å². The predicted octanol–water partition coefficient (Wildman–Crippen LogP) is 3.21. The third-order valence-electron chi connectivity index (χ3n) is 5.37. The molecule has 0 bridgehead atoms. The van der Waals surface area contributed by atoms with Gasteiger partial charge in [0, 0.05) is 25.5 Å². The second-order valence-corrected chi connectivity index (χ2v) is 7.56. The van der Waals surface area contributed by atoms with Crippen LogP contribution >= 0.6 is 0 Å². The Labute approximate surface area is 159 Å². The Hall–Kier alpha value is -2.60. The molecular formula is C21H27N5O. The summed E-state index contributed by atoms with van der Waals surface area (Å²) in [5.41, 5.74) is 3.74. The Morgan fingerprint density at radius 3 is 2.81 bits per heavy atom. The molecule has 3 aromatic rings. The topological polar surface area (TPSA) is 54.6 Å². The van der Waals surface area contributed by atoms with Gasteiger partial charge in [-0.25, -0.2) is 0 Å². The van der Waals surface area contributed by atoms with Crippen LogP contribution in [0.2, 0.25) is 0 Å². The van der Waals surface area contributed by atoms with Gasteiger partial charge in [-0.2, -0.15) is 5.10 Å². The standard InChI is InChI=1S/C21H27N5O/c1-24(2)14-12-22-21(27)17-15-20(25-13-6-5-9-18(17)25)19-10-11-23-26(19)16-7-3-4-8-16/h5-6,9-11,13,15-16H,3-4,7-8,12,14H2,1-2H3,(H,22,27). The van der Waals surface area contributed by atoms with Crippen LogP contribution in [0.4, 0.5) is 0 Å². The summed E-state index contributed by atoms with van der Waals surface area (Å²) < 4.78 is 4.25. The van der Waals surface area contributed by atoms with E-state index >= 15 is 0 Å². The summed E-state index contributed by atoms with van der Waals surface area (Å²) in [7, 11) is 4.00. The van der Waals surface area contributed by atoms with E-state index in [1.807, 2.05) is 50.8 Å². The fraction of sp³-hybridized carbons (Fsp3) is 0.429. The van der Waals surface area contributed by atoms with Crippen molar-refractivity contribution in [3.63, 3.8) is 0 Å². The highest BCUT2D eigenvalue weighted by Crippen LogP contribution is 2.34. The molecule has 1 fully saturated rings. The highest BCUT2D eigenvalue weighted by atomic mass is 16.1. The minimum Gasteiger partial charge on any atom is -0.351 e. The molecule has 6 heteroatoms. The van der Waals surface area contributed by atoms with E-state index in [4.69, 9.17) is 0 Å². The number of fused-ring (bicyclic) bond motifs is 1. The summed E-state index contributed by atoms with van der Waals surface area (Å²) >= 11 is 0. The Kier molecular flexibility index (Phi) is 4.99. The number of nitrogens with zero attached hydrogens (tertiary/aromatic N) is 4. The van der Waals surface area contributed by atoms with Gasteiger partial charge in [0.25, 0.3) is 5.91 Å². The van der Waals surface area contributed by atoms with Crippen LogP contribution in [0.3, 0.4) is 0 Å². The van der Waals surface area contributed by atoms with Crippen LogP contribution in [-0.4, -0.2) is 52.2 Å². The quantitative estimate of drug-likeness (QED) is 0.730. The summed E-state index contributed by atoms with van der Waals surface area (Å²) in [6, 6.07) is 10.5. The SMILES string of the molecule is CN(C)CCNC(=O)c1cc(-c2ccnn2C2CCCC2)n2ccccc12. The van der Waals surface area contributed by atoms with E-state index in [-0.39, 0.29) is 5.91 Å². The van der Waals surface area contributed by atoms with E-state index in [1.54, 1.807) is 0 Å². The largest absolute Gasteiger partial charge is 0.351 e. The third-order valence-corrected chi connectivity index (χ3v) is 5.37. The lowest BCUT2D eigenvalue weighted by Crippen LogP contribution is -2.31. The molecule has 27 heavy (non-hydrogen) atoms. The molecule has 0 aliphatic heterocycles. The number of hydrogen-bond acceptors (Lipinski definition) is 3. The van der Waals surface area contributed by atoms with Crippen LogP contribution in [0.15, 0.2) is 42.7 Å². The highest BCUT2D eigenvalue weighted by Gasteiger charge is 2.23. The Balaban J connectivity index is 1.71. The first-order valence-corrected chi connectivity index (χ1v) is 9.72. The summed E-state index contributed by atoms with van der Waals surface area (Å²) in [4.78, 5) is 14.9. The van der Waals surface area contributed by atoms with Crippen molar-refractivity contribution in [3.8, 4) is 11.4 Å². The average molecular weight is 365 g/mol. The van der Waals surface area contributed by atoms with Crippen molar-refractivity contribution in [1.82, 2.24) is 24.4 Å². The number of carbonyl (C=O) groups excluding carboxylic acids is 1. The van der Waals surface area contributed by atoms with Crippen LogP contribution in [-0.2, 0) is 0 Å². The lowest BCUT2D eigenvalue weighted by Gasteiger charge is -2.14. The smallest absolute Gasteiger partial charge is 0.253 e. The second kappa shape index (κ2) is 7.56. The van der Waals surface area contributed by atoms with Crippen LogP contribution < -0.4 is 5.32 Å². The van der Waals surface area contributed by atoms with Gasteiger partial charge < -0.3 is 14.6 Å². The third kappa shape index (κ3) is 3.49. The molecule has 0 atom stereocenters. The van der Waals surface area contributed by atoms with Gasteiger partial charge in [-0.05, 0) is 51.2 Å². The van der Waals surface area contributed by atoms with Crippen LogP contribution in [0.25, 0.3) is 16.9 Å². The molecule has 1 N–H and O–H groups in total. The average Bonchev–Trinajstić information content (AvgIpc) is 3.39. The van der Waals surface area contributed by atoms with Gasteiger partial charge in [-0.15, -0.1) is 0 Å². The molecule has 1 amide bonds. The minimum absolute atomic E-state index is 0.0290. The Morgan fingerprint density at radius 2 is 2.04 bits per heavy atom. The first-order chi connectivity index (χ1) is 13.1. The molecule has 0 unspecified atom stereocenters. The van der Waals surface area contributed by atoms with E-state index in [2.05, 4.69) is 30.5 Å². The van der Waals surface area contributed by atoms with E-state index in [0.29, 0.717) is 18.2 Å². The monoisotopic (exact) mass is 365 g/mol. The van der Waals surface area contributed by atoms with Gasteiger partial charge in [-0.1, -0.05) is 18.9 Å². The van der Waals surface area contributed by atoms with Crippen molar-refractivity contribution in [2.75, 3.05) is 27.2 Å². The summed E-state index contributed by atoms with van der Waals surface area (Å²) in [6.45, 7) is 1.45. The molecule has 1 aliphatic carbocycles. The lowest BCUT2D eigenvalue weighted by molar-refractivity contribution is 0.0953. The van der Waals surface area contributed by atoms with E-state index in [9.17, 15) is 4.79 Å². The number of rotatable bonds is 6. The molecule has 0 spiro atoms. The van der Waals surface area contributed by atoms with E-state index in [0.717, 1.165) is 23.4 Å². The number of carbonyl (C=O) groups is 1. The summed E-state index contributed by atoms with van der Waals surface area (Å²) in [5, 5.41) is 7.64. The highest BCUT2D eigenvalue weighted by molar-refractivity contribution is 6.02. The Morgan fingerprint density at radius 1 is 1.22 bits per heavy atom. The van der Waals surface area contributed by atoms with Crippen molar-refractivity contribution in [1.29, 1.82) is 0 Å². The molecule has 1 aliphatic rings. The van der Waals surface area contributed by atoms with Crippen LogP contribution in [0.1, 0.15) is 42.1 Å². The second-order valence-electron chi connectivity index (χ2n) is 7.56. The zero-order chi connectivity index (χ0) is 18.8. The van der Waals surface area contributed by atoms with Crippen molar-refractivity contribution in [3.05, 3.63) is 48.3 Å². The van der Waals surface area contributed by atoms with Crippen LogP contribution in [0.5, 0.6) is 0 Å². The predicted molar refractivity (Wildman–Crippen MR) is 107 cm³/mol. The van der Waals surface area contributed by atoms with Gasteiger partial charge in [-0.3, -0.25) is 9.48 Å². The lowest BCUT2D eigenvalue weighted by atomic mass is 10.2. The molecule has 142 valence electrons. The van der Waals surface area contributed by atoms with Gasteiger partial charge in [0.2, 0.25) is 0 Å². The van der Waals surface area contributed by atoms with Gasteiger partial charge in [0.1, 0.15) is 0 Å². The van der Waals surface area contributed by atoms with Crippen molar-refractivity contribution >= 4 is 11.4 Å². The van der Waals surface area contributed by atoms with Crippen molar-refractivity contribution in [2.24, 2.45) is 0 Å². The van der Waals surface area contributed by atoms with Gasteiger partial charge in [0.05, 0.1) is 28.5 Å². The number of hydrogen-bond donors (Lipinski definition) is 1. The van der Waals surface area contributed by atoms with Crippen molar-refractivity contribution in [2.45, 2.75) is 31.7 Å². The number of amides is 1. The first kappa shape index (κ1) is 17.8. The maximum absolute atomic E-state index is 12.8. The first-order valence-electron chi connectivity index (χ1n) is 9.72. The van der Waals surface area contributed by atoms with Crippen LogP contribution in [0, 0.1) is 0 Å². The number of likely N-dealkylation sites (N-methyl/N-ethyl adjacent to an activating group) is 1. The summed E-state index contributed by atoms with van der Waals surface area (Å²) in [5.74, 6) is -0.0290. The molecular weight excluding hydrogens is 338 g/mol. The molecule has 0 radical (unpaired) electrons. The zero-order valence-electron chi connectivity index (χ0n) is 16.1. The maximum Gasteiger partial charge on any atom is 0.253 e. The fourth-order valence-corrected chi connectivity index (χ4v) is 3.98. The number of nitrogens with one attached hydrogen (secondary N) is 1. The fourth-order valence-electron chi connectivity index (χ4n) is 3.98. The minimum atomic E-state index is -0.0290. The van der Waals surface area contributed by atoms with Gasteiger partial charge in [0.15, 0.2) is 0 Å². The van der Waals surface area contributed by atoms with E-state index in [1.165, 1.54) is 25.7 Å². The molecule has 4 rings (SSSR count). The molecule has 3 aromatic heterocycles. The molecule has 0 aromatic carbocycles. The zero-order valence-corrected chi connectivity index (χ0v) is 16.1. The summed E-state index contributed by atoms with van der Waals surface area (Å²) in [6.07, 6.45) is 8.77. The maximum atomic E-state index is 12.8.